The van der Waals surface area contributed by atoms with E-state index in [1.807, 2.05) is 0 Å². The fourth-order valence-corrected chi connectivity index (χ4v) is 3.73. The Balaban J connectivity index is 1.93. The van der Waals surface area contributed by atoms with Gasteiger partial charge in [-0.2, -0.15) is 13.2 Å². The molecule has 0 heterocycles. The predicted molar refractivity (Wildman–Crippen MR) is 69.1 cm³/mol. The Bertz CT molecular complexity index is 556. The van der Waals surface area contributed by atoms with Crippen LogP contribution >= 0.6 is 0 Å². The van der Waals surface area contributed by atoms with E-state index in [9.17, 15) is 18.0 Å². The number of rotatable bonds is 2. The molecule has 2 aliphatic carbocycles. The summed E-state index contributed by atoms with van der Waals surface area (Å²) in [6.45, 7) is 1.58. The van der Waals surface area contributed by atoms with Crippen LogP contribution in [-0.4, -0.2) is 5.78 Å². The van der Waals surface area contributed by atoms with Crippen molar-refractivity contribution in [1.82, 2.24) is 0 Å². The fourth-order valence-electron chi connectivity index (χ4n) is 3.73. The van der Waals surface area contributed by atoms with Crippen molar-refractivity contribution in [2.75, 3.05) is 0 Å². The number of allylic oxidation sites excluding steroid dienone is 2. The maximum atomic E-state index is 12.6. The highest BCUT2D eigenvalue weighted by Crippen LogP contribution is 2.53. The van der Waals surface area contributed by atoms with Gasteiger partial charge < -0.3 is 0 Å². The molecule has 1 saturated carbocycles. The molecule has 0 unspecified atom stereocenters. The minimum absolute atomic E-state index is 0.0322. The van der Waals surface area contributed by atoms with E-state index in [1.165, 1.54) is 12.1 Å². The molecule has 2 bridgehead atoms. The SMILES string of the molecule is CC(=O)[C@H]1[C@H](c2ccc(C(F)(F)F)cc2)[C@H]2C=C[C@@H]1C2. The third kappa shape index (κ3) is 2.07. The number of halogens is 3. The van der Waals surface area contributed by atoms with Crippen molar-refractivity contribution in [2.45, 2.75) is 25.4 Å². The molecule has 0 aliphatic heterocycles. The van der Waals surface area contributed by atoms with Crippen molar-refractivity contribution >= 4 is 5.78 Å². The summed E-state index contributed by atoms with van der Waals surface area (Å²) in [6, 6.07) is 5.28. The number of fused-ring (bicyclic) bond motifs is 2. The first-order valence-corrected chi connectivity index (χ1v) is 6.74. The summed E-state index contributed by atoms with van der Waals surface area (Å²) in [7, 11) is 0. The van der Waals surface area contributed by atoms with Crippen molar-refractivity contribution in [1.29, 1.82) is 0 Å². The Labute approximate surface area is 115 Å². The first kappa shape index (κ1) is 13.4. The molecule has 0 N–H and O–H groups in total. The van der Waals surface area contributed by atoms with E-state index in [0.717, 1.165) is 24.1 Å². The van der Waals surface area contributed by atoms with Gasteiger partial charge >= 0.3 is 6.18 Å². The van der Waals surface area contributed by atoms with Crippen LogP contribution in [0, 0.1) is 17.8 Å². The van der Waals surface area contributed by atoms with Crippen LogP contribution in [0.15, 0.2) is 36.4 Å². The molecule has 106 valence electrons. The van der Waals surface area contributed by atoms with Crippen molar-refractivity contribution < 1.29 is 18.0 Å². The third-order valence-corrected chi connectivity index (χ3v) is 4.55. The lowest BCUT2D eigenvalue weighted by molar-refractivity contribution is -0.137. The number of hydrogen-bond acceptors (Lipinski definition) is 1. The van der Waals surface area contributed by atoms with Crippen molar-refractivity contribution in [3.05, 3.63) is 47.5 Å². The summed E-state index contributed by atoms with van der Waals surface area (Å²) in [4.78, 5) is 11.8. The molecule has 4 heteroatoms. The van der Waals surface area contributed by atoms with Gasteiger partial charge in [-0.15, -0.1) is 0 Å². The number of alkyl halides is 3. The highest BCUT2D eigenvalue weighted by atomic mass is 19.4. The molecule has 1 fully saturated rings. The van der Waals surface area contributed by atoms with E-state index in [4.69, 9.17) is 0 Å². The highest BCUT2D eigenvalue weighted by molar-refractivity contribution is 5.81. The van der Waals surface area contributed by atoms with Gasteiger partial charge in [0.1, 0.15) is 5.78 Å². The second-order valence-corrected chi connectivity index (χ2v) is 5.73. The highest BCUT2D eigenvalue weighted by Gasteiger charge is 2.47. The van der Waals surface area contributed by atoms with Crippen LogP contribution in [0.2, 0.25) is 0 Å². The summed E-state index contributed by atoms with van der Waals surface area (Å²) < 4.78 is 37.8. The number of carbonyl (C=O) groups is 1. The van der Waals surface area contributed by atoms with Crippen LogP contribution < -0.4 is 0 Å². The molecule has 20 heavy (non-hydrogen) atoms. The topological polar surface area (TPSA) is 17.1 Å². The zero-order valence-electron chi connectivity index (χ0n) is 11.0. The standard InChI is InChI=1S/C16H15F3O/c1-9(20)14-11-2-3-12(8-11)15(14)10-4-6-13(7-5-10)16(17,18)19/h2-7,11-12,14-15H,8H2,1H3/t11-,12+,14-,15-/m1/s1. The zero-order chi connectivity index (χ0) is 14.5. The van der Waals surface area contributed by atoms with Gasteiger partial charge in [0.05, 0.1) is 5.56 Å². The van der Waals surface area contributed by atoms with Crippen LogP contribution in [0.4, 0.5) is 13.2 Å². The minimum atomic E-state index is -4.31. The van der Waals surface area contributed by atoms with Gasteiger partial charge in [-0.05, 0) is 42.9 Å². The van der Waals surface area contributed by atoms with Crippen molar-refractivity contribution in [3.8, 4) is 0 Å². The van der Waals surface area contributed by atoms with Crippen molar-refractivity contribution in [2.24, 2.45) is 17.8 Å². The lowest BCUT2D eigenvalue weighted by Crippen LogP contribution is -2.24. The Hall–Kier alpha value is -1.58. The molecule has 4 atom stereocenters. The molecule has 0 saturated heterocycles. The van der Waals surface area contributed by atoms with Crippen LogP contribution in [-0.2, 0) is 11.0 Å². The second kappa shape index (κ2) is 4.47. The van der Waals surface area contributed by atoms with E-state index >= 15 is 0 Å². The molecule has 0 radical (unpaired) electrons. The molecule has 1 aromatic rings. The number of Topliss-reactive ketones (excluding diaryl/α,β-unsaturated/α-hetero) is 1. The Morgan fingerprint density at radius 2 is 1.70 bits per heavy atom. The van der Waals surface area contributed by atoms with Gasteiger partial charge in [0.15, 0.2) is 0 Å². The first-order chi connectivity index (χ1) is 9.38. The molecule has 0 amide bonds. The lowest BCUT2D eigenvalue weighted by Gasteiger charge is -2.26. The summed E-state index contributed by atoms with van der Waals surface area (Å²) in [6.07, 6.45) is 0.812. The second-order valence-electron chi connectivity index (χ2n) is 5.73. The Kier molecular flexibility index (Phi) is 3.00. The number of benzene rings is 1. The molecule has 0 aromatic heterocycles. The fraction of sp³-hybridized carbons (Fsp3) is 0.438. The summed E-state index contributed by atoms with van der Waals surface area (Å²) in [5, 5.41) is 0. The molecule has 1 aromatic carbocycles. The smallest absolute Gasteiger partial charge is 0.300 e. The van der Waals surface area contributed by atoms with E-state index in [0.29, 0.717) is 0 Å². The largest absolute Gasteiger partial charge is 0.416 e. The first-order valence-electron chi connectivity index (χ1n) is 6.74. The summed E-state index contributed by atoms with van der Waals surface area (Å²) >= 11 is 0. The van der Waals surface area contributed by atoms with Gasteiger partial charge in [0, 0.05) is 11.8 Å². The summed E-state index contributed by atoms with van der Waals surface area (Å²) in [5.74, 6) is 0.619. The van der Waals surface area contributed by atoms with E-state index in [1.54, 1.807) is 6.92 Å². The predicted octanol–water partition coefficient (Wildman–Crippen LogP) is 4.20. The van der Waals surface area contributed by atoms with Crippen LogP contribution in [0.1, 0.15) is 30.4 Å². The van der Waals surface area contributed by atoms with Gasteiger partial charge in [-0.1, -0.05) is 24.3 Å². The number of carbonyl (C=O) groups excluding carboxylic acids is 1. The van der Waals surface area contributed by atoms with Crippen LogP contribution in [0.3, 0.4) is 0 Å². The van der Waals surface area contributed by atoms with Crippen LogP contribution in [0.5, 0.6) is 0 Å². The monoisotopic (exact) mass is 280 g/mol. The van der Waals surface area contributed by atoms with E-state index in [-0.39, 0.29) is 29.5 Å². The lowest BCUT2D eigenvalue weighted by atomic mass is 9.76. The number of hydrogen-bond donors (Lipinski definition) is 0. The molecule has 0 spiro atoms. The van der Waals surface area contributed by atoms with E-state index < -0.39 is 11.7 Å². The van der Waals surface area contributed by atoms with Gasteiger partial charge in [0.25, 0.3) is 0 Å². The van der Waals surface area contributed by atoms with Gasteiger partial charge in [0.2, 0.25) is 0 Å². The van der Waals surface area contributed by atoms with E-state index in [2.05, 4.69) is 12.2 Å². The normalized spacial score (nSPS) is 31.8. The maximum Gasteiger partial charge on any atom is 0.416 e. The molecule has 1 nitrogen and oxygen atoms in total. The van der Waals surface area contributed by atoms with Gasteiger partial charge in [-0.3, -0.25) is 4.79 Å². The summed E-state index contributed by atoms with van der Waals surface area (Å²) in [5.41, 5.74) is 0.203. The maximum absolute atomic E-state index is 12.6. The third-order valence-electron chi connectivity index (χ3n) is 4.55. The zero-order valence-corrected chi connectivity index (χ0v) is 11.0. The van der Waals surface area contributed by atoms with Gasteiger partial charge in [-0.25, -0.2) is 0 Å². The molecule has 2 aliphatic rings. The molecule has 3 rings (SSSR count). The minimum Gasteiger partial charge on any atom is -0.300 e. The average molecular weight is 280 g/mol. The Morgan fingerprint density at radius 1 is 1.10 bits per heavy atom. The average Bonchev–Trinajstić information content (AvgIpc) is 2.97. The van der Waals surface area contributed by atoms with Crippen molar-refractivity contribution in [3.63, 3.8) is 0 Å². The molecular formula is C16H15F3O. The van der Waals surface area contributed by atoms with Crippen LogP contribution in [0.25, 0.3) is 0 Å². The quantitative estimate of drug-likeness (QED) is 0.742. The number of ketones is 1. The Morgan fingerprint density at radius 3 is 2.25 bits per heavy atom. The molecular weight excluding hydrogens is 265 g/mol.